The lowest BCUT2D eigenvalue weighted by atomic mass is 10.0. The van der Waals surface area contributed by atoms with E-state index in [2.05, 4.69) is 19.1 Å². The van der Waals surface area contributed by atoms with Gasteiger partial charge in [-0.25, -0.2) is 0 Å². The molecule has 1 rings (SSSR count). The van der Waals surface area contributed by atoms with Crippen LogP contribution in [0.15, 0.2) is 30.3 Å². The largest absolute Gasteiger partial charge is 0.373 e. The monoisotopic (exact) mass is 318 g/mol. The van der Waals surface area contributed by atoms with E-state index in [-0.39, 0.29) is 6.10 Å². The molecule has 0 heterocycles. The average Bonchev–Trinajstić information content (AvgIpc) is 2.59. The molecule has 2 heteroatoms. The zero-order valence-electron chi connectivity index (χ0n) is 14.8. The van der Waals surface area contributed by atoms with E-state index in [1.807, 2.05) is 18.2 Å². The Morgan fingerprint density at radius 1 is 0.913 bits per heavy atom. The van der Waals surface area contributed by atoms with Gasteiger partial charge in [0.2, 0.25) is 0 Å². The Morgan fingerprint density at radius 2 is 1.52 bits per heavy atom. The lowest BCUT2D eigenvalue weighted by Crippen LogP contribution is -2.13. The highest BCUT2D eigenvalue weighted by Crippen LogP contribution is 2.15. The van der Waals surface area contributed by atoms with Crippen LogP contribution in [-0.2, 0) is 16.1 Å². The zero-order valence-corrected chi connectivity index (χ0v) is 14.8. The predicted octanol–water partition coefficient (Wildman–Crippen LogP) is 6.08. The Kier molecular flexibility index (Phi) is 12.5. The van der Waals surface area contributed by atoms with Gasteiger partial charge in [0.25, 0.3) is 0 Å². The molecule has 0 saturated carbocycles. The molecule has 0 saturated heterocycles. The third-order valence-electron chi connectivity index (χ3n) is 4.32. The van der Waals surface area contributed by atoms with Gasteiger partial charge in [-0.1, -0.05) is 95.0 Å². The van der Waals surface area contributed by atoms with Crippen molar-refractivity contribution in [3.63, 3.8) is 0 Å². The Morgan fingerprint density at radius 3 is 2.13 bits per heavy atom. The van der Waals surface area contributed by atoms with E-state index in [9.17, 15) is 4.79 Å². The minimum atomic E-state index is 0.0808. The number of aldehydes is 1. The van der Waals surface area contributed by atoms with E-state index < -0.39 is 0 Å². The third-order valence-corrected chi connectivity index (χ3v) is 4.32. The van der Waals surface area contributed by atoms with Gasteiger partial charge in [-0.05, 0) is 12.0 Å². The molecule has 0 fully saturated rings. The summed E-state index contributed by atoms with van der Waals surface area (Å²) >= 11 is 0. The first-order valence-corrected chi connectivity index (χ1v) is 9.46. The van der Waals surface area contributed by atoms with Crippen molar-refractivity contribution in [2.24, 2.45) is 0 Å². The van der Waals surface area contributed by atoms with Crippen LogP contribution in [0.2, 0.25) is 0 Å². The fraction of sp³-hybridized carbons (Fsp3) is 0.667. The summed E-state index contributed by atoms with van der Waals surface area (Å²) in [5.41, 5.74) is 1.18. The number of carbonyl (C=O) groups is 1. The van der Waals surface area contributed by atoms with Crippen molar-refractivity contribution in [3.05, 3.63) is 35.9 Å². The molecular formula is C21H34O2. The van der Waals surface area contributed by atoms with E-state index in [0.29, 0.717) is 13.0 Å². The second-order valence-corrected chi connectivity index (χ2v) is 6.44. The topological polar surface area (TPSA) is 26.3 Å². The molecule has 1 atom stereocenters. The number of benzene rings is 1. The van der Waals surface area contributed by atoms with Gasteiger partial charge in [0.05, 0.1) is 12.7 Å². The zero-order chi connectivity index (χ0) is 16.6. The van der Waals surface area contributed by atoms with Gasteiger partial charge in [-0.2, -0.15) is 0 Å². The summed E-state index contributed by atoms with van der Waals surface area (Å²) in [6.45, 7) is 2.87. The molecule has 0 radical (unpaired) electrons. The van der Waals surface area contributed by atoms with Crippen LogP contribution >= 0.6 is 0 Å². The Bertz CT molecular complexity index is 375. The molecule has 0 amide bonds. The van der Waals surface area contributed by atoms with Gasteiger partial charge >= 0.3 is 0 Å². The summed E-state index contributed by atoms with van der Waals surface area (Å²) in [6.07, 6.45) is 14.6. The summed E-state index contributed by atoms with van der Waals surface area (Å²) in [4.78, 5) is 10.8. The van der Waals surface area contributed by atoms with Crippen molar-refractivity contribution in [2.75, 3.05) is 0 Å². The number of ether oxygens (including phenoxy) is 1. The minimum absolute atomic E-state index is 0.0808. The molecule has 0 aliphatic carbocycles. The van der Waals surface area contributed by atoms with Crippen LogP contribution in [-0.4, -0.2) is 12.4 Å². The fourth-order valence-corrected chi connectivity index (χ4v) is 2.85. The summed E-state index contributed by atoms with van der Waals surface area (Å²) in [5, 5.41) is 0. The Labute approximate surface area is 142 Å². The highest BCUT2D eigenvalue weighted by molar-refractivity contribution is 5.50. The molecule has 0 spiro atoms. The quantitative estimate of drug-likeness (QED) is 0.289. The molecule has 130 valence electrons. The number of rotatable bonds is 15. The highest BCUT2D eigenvalue weighted by atomic mass is 16.5. The van der Waals surface area contributed by atoms with Gasteiger partial charge in [0, 0.05) is 6.42 Å². The van der Waals surface area contributed by atoms with Crippen LogP contribution < -0.4 is 0 Å². The van der Waals surface area contributed by atoms with Crippen molar-refractivity contribution >= 4 is 6.29 Å². The van der Waals surface area contributed by atoms with Crippen molar-refractivity contribution in [1.82, 2.24) is 0 Å². The summed E-state index contributed by atoms with van der Waals surface area (Å²) in [6, 6.07) is 10.2. The van der Waals surface area contributed by atoms with Crippen LogP contribution in [0.25, 0.3) is 0 Å². The van der Waals surface area contributed by atoms with E-state index in [1.165, 1.54) is 63.4 Å². The normalized spacial score (nSPS) is 12.2. The maximum absolute atomic E-state index is 10.8. The first kappa shape index (κ1) is 19.9. The van der Waals surface area contributed by atoms with Crippen molar-refractivity contribution in [1.29, 1.82) is 0 Å². The molecule has 0 N–H and O–H groups in total. The van der Waals surface area contributed by atoms with Gasteiger partial charge in [0.15, 0.2) is 0 Å². The van der Waals surface area contributed by atoms with E-state index in [4.69, 9.17) is 4.74 Å². The number of unbranched alkanes of at least 4 members (excludes halogenated alkanes) is 8. The number of carbonyl (C=O) groups excluding carboxylic acids is 1. The summed E-state index contributed by atoms with van der Waals surface area (Å²) < 4.78 is 5.91. The first-order chi connectivity index (χ1) is 11.4. The van der Waals surface area contributed by atoms with Crippen molar-refractivity contribution in [3.8, 4) is 0 Å². The van der Waals surface area contributed by atoms with Crippen LogP contribution in [0.1, 0.15) is 83.1 Å². The van der Waals surface area contributed by atoms with Crippen LogP contribution in [0, 0.1) is 0 Å². The lowest BCUT2D eigenvalue weighted by molar-refractivity contribution is -0.110. The molecule has 1 aromatic carbocycles. The number of hydrogen-bond donors (Lipinski definition) is 0. The molecule has 1 aromatic rings. The average molecular weight is 319 g/mol. The second-order valence-electron chi connectivity index (χ2n) is 6.44. The maximum atomic E-state index is 10.8. The first-order valence-electron chi connectivity index (χ1n) is 9.46. The predicted molar refractivity (Wildman–Crippen MR) is 97.5 cm³/mol. The van der Waals surface area contributed by atoms with Gasteiger partial charge in [-0.15, -0.1) is 0 Å². The number of hydrogen-bond acceptors (Lipinski definition) is 2. The SMILES string of the molecule is CCCCCCCCCCC[C@H](CC=O)OCc1ccccc1. The molecular weight excluding hydrogens is 284 g/mol. The van der Waals surface area contributed by atoms with Crippen LogP contribution in [0.3, 0.4) is 0 Å². The standard InChI is InChI=1S/C21H34O2/c1-2-3-4-5-6-7-8-9-13-16-21(17-18-22)23-19-20-14-11-10-12-15-20/h10-12,14-15,18,21H,2-9,13,16-17,19H2,1H3/t21-/m1/s1. The summed E-state index contributed by atoms with van der Waals surface area (Å²) in [7, 11) is 0. The molecule has 0 aromatic heterocycles. The Balaban J connectivity index is 2.05. The smallest absolute Gasteiger partial charge is 0.122 e. The fourth-order valence-electron chi connectivity index (χ4n) is 2.85. The van der Waals surface area contributed by atoms with Gasteiger partial charge in [-0.3, -0.25) is 0 Å². The van der Waals surface area contributed by atoms with Crippen molar-refractivity contribution in [2.45, 2.75) is 90.3 Å². The van der Waals surface area contributed by atoms with Crippen molar-refractivity contribution < 1.29 is 9.53 Å². The molecule has 0 unspecified atom stereocenters. The van der Waals surface area contributed by atoms with E-state index in [1.54, 1.807) is 0 Å². The third kappa shape index (κ3) is 11.1. The minimum Gasteiger partial charge on any atom is -0.373 e. The van der Waals surface area contributed by atoms with E-state index in [0.717, 1.165) is 12.7 Å². The molecule has 0 aliphatic heterocycles. The van der Waals surface area contributed by atoms with Gasteiger partial charge < -0.3 is 9.53 Å². The van der Waals surface area contributed by atoms with Crippen LogP contribution in [0.5, 0.6) is 0 Å². The second kappa shape index (κ2) is 14.4. The lowest BCUT2D eigenvalue weighted by Gasteiger charge is -2.15. The molecule has 2 nitrogen and oxygen atoms in total. The summed E-state index contributed by atoms with van der Waals surface area (Å²) in [5.74, 6) is 0. The molecule has 23 heavy (non-hydrogen) atoms. The maximum Gasteiger partial charge on any atom is 0.122 e. The van der Waals surface area contributed by atoms with Crippen LogP contribution in [0.4, 0.5) is 0 Å². The molecule has 0 bridgehead atoms. The van der Waals surface area contributed by atoms with Gasteiger partial charge in [0.1, 0.15) is 6.29 Å². The van der Waals surface area contributed by atoms with E-state index >= 15 is 0 Å². The molecule has 0 aliphatic rings. The Hall–Kier alpha value is -1.15. The highest BCUT2D eigenvalue weighted by Gasteiger charge is 2.08.